The molecule has 0 spiro atoms. The van der Waals surface area contributed by atoms with Crippen LogP contribution in [0.2, 0.25) is 10.0 Å². The average molecular weight is 623 g/mol. The maximum atomic E-state index is 13.1. The van der Waals surface area contributed by atoms with Crippen LogP contribution in [0.5, 0.6) is 0 Å². The number of hydrogen-bond donors (Lipinski definition) is 0. The van der Waals surface area contributed by atoms with Gasteiger partial charge in [0.1, 0.15) is 0 Å². The summed E-state index contributed by atoms with van der Waals surface area (Å²) in [5, 5.41) is 10.7. The number of benzene rings is 3. The van der Waals surface area contributed by atoms with Crippen molar-refractivity contribution in [2.75, 3.05) is 25.4 Å². The third kappa shape index (κ3) is 7.00. The number of rotatable bonds is 9. The number of nitrogens with zero attached hydrogens (tertiary/aromatic N) is 5. The quantitative estimate of drug-likeness (QED) is 0.146. The van der Waals surface area contributed by atoms with Crippen molar-refractivity contribution in [3.63, 3.8) is 0 Å². The fourth-order valence-corrected chi connectivity index (χ4v) is 6.51. The van der Waals surface area contributed by atoms with E-state index in [4.69, 9.17) is 23.2 Å². The van der Waals surface area contributed by atoms with Crippen LogP contribution in [0.4, 0.5) is 0 Å². The van der Waals surface area contributed by atoms with Crippen molar-refractivity contribution >= 4 is 46.8 Å². The molecule has 5 rings (SSSR count). The lowest BCUT2D eigenvalue weighted by Gasteiger charge is -2.40. The van der Waals surface area contributed by atoms with Gasteiger partial charge in [0.15, 0.2) is 11.0 Å². The molecule has 0 aliphatic carbocycles. The van der Waals surface area contributed by atoms with E-state index >= 15 is 0 Å². The van der Waals surface area contributed by atoms with Crippen LogP contribution in [-0.2, 0) is 4.79 Å². The number of hydrogen-bond acceptors (Lipinski definition) is 5. The highest BCUT2D eigenvalue weighted by Gasteiger charge is 2.31. The third-order valence-electron chi connectivity index (χ3n) is 7.38. The van der Waals surface area contributed by atoms with Crippen molar-refractivity contribution in [2.24, 2.45) is 0 Å². The molecule has 4 aromatic rings. The van der Waals surface area contributed by atoms with Crippen molar-refractivity contribution in [3.05, 3.63) is 94.0 Å². The molecule has 218 valence electrons. The SMILES string of the molecule is Cc1ccc(-n2c(SCCCCC(=O)N3CCN(C(=O)c4ccc(Cl)cc4Cl)C(C)C3)nnc2-c2ccccc2)cc1. The maximum absolute atomic E-state index is 13.1. The molecular formula is C32H33Cl2N5O2S. The van der Waals surface area contributed by atoms with E-state index in [1.54, 1.807) is 34.9 Å². The van der Waals surface area contributed by atoms with E-state index in [0.717, 1.165) is 40.8 Å². The highest BCUT2D eigenvalue weighted by atomic mass is 35.5. The molecule has 1 atom stereocenters. The van der Waals surface area contributed by atoms with Crippen LogP contribution in [0.1, 0.15) is 42.1 Å². The molecular weight excluding hydrogens is 589 g/mol. The molecule has 1 aromatic heterocycles. The molecule has 0 saturated carbocycles. The largest absolute Gasteiger partial charge is 0.339 e. The van der Waals surface area contributed by atoms with Gasteiger partial charge in [0.2, 0.25) is 5.91 Å². The Balaban J connectivity index is 1.13. The fraction of sp³-hybridized carbons (Fsp3) is 0.312. The van der Waals surface area contributed by atoms with Crippen LogP contribution >= 0.6 is 35.0 Å². The maximum Gasteiger partial charge on any atom is 0.255 e. The van der Waals surface area contributed by atoms with Gasteiger partial charge in [0.25, 0.3) is 5.91 Å². The molecule has 0 N–H and O–H groups in total. The van der Waals surface area contributed by atoms with Gasteiger partial charge in [-0.05, 0) is 57.0 Å². The van der Waals surface area contributed by atoms with E-state index in [1.807, 2.05) is 42.2 Å². The van der Waals surface area contributed by atoms with Crippen molar-refractivity contribution in [3.8, 4) is 17.1 Å². The van der Waals surface area contributed by atoms with E-state index in [-0.39, 0.29) is 17.9 Å². The first-order valence-electron chi connectivity index (χ1n) is 14.1. The molecule has 3 aromatic carbocycles. The zero-order chi connectivity index (χ0) is 29.6. The third-order valence-corrected chi connectivity index (χ3v) is 8.94. The second-order valence-electron chi connectivity index (χ2n) is 10.5. The molecule has 1 unspecified atom stereocenters. The number of carbonyl (C=O) groups excluding carboxylic acids is 2. The second kappa shape index (κ2) is 13.8. The summed E-state index contributed by atoms with van der Waals surface area (Å²) in [7, 11) is 0. The van der Waals surface area contributed by atoms with Gasteiger partial charge in [0.05, 0.1) is 10.6 Å². The zero-order valence-corrected chi connectivity index (χ0v) is 26.0. The molecule has 2 amide bonds. The van der Waals surface area contributed by atoms with Crippen molar-refractivity contribution in [1.29, 1.82) is 0 Å². The lowest BCUT2D eigenvalue weighted by molar-refractivity contribution is -0.133. The summed E-state index contributed by atoms with van der Waals surface area (Å²) in [4.78, 5) is 29.7. The van der Waals surface area contributed by atoms with Gasteiger partial charge in [-0.3, -0.25) is 14.2 Å². The minimum atomic E-state index is -0.137. The first-order valence-corrected chi connectivity index (χ1v) is 15.8. The minimum absolute atomic E-state index is 0.107. The van der Waals surface area contributed by atoms with Crippen LogP contribution in [-0.4, -0.2) is 67.8 Å². The molecule has 42 heavy (non-hydrogen) atoms. The predicted molar refractivity (Wildman–Crippen MR) is 170 cm³/mol. The van der Waals surface area contributed by atoms with Gasteiger partial charge < -0.3 is 9.80 Å². The summed E-state index contributed by atoms with van der Waals surface area (Å²) in [6.07, 6.45) is 2.13. The number of unbranched alkanes of at least 4 members (excludes halogenated alkanes) is 1. The Morgan fingerprint density at radius 3 is 2.43 bits per heavy atom. The van der Waals surface area contributed by atoms with Crippen LogP contribution in [0.15, 0.2) is 78.0 Å². The standard InChI is InChI=1S/C32H33Cl2N5O2S/c1-22-11-14-26(15-12-22)39-30(24-8-4-3-5-9-24)35-36-32(39)42-19-7-6-10-29(40)37-17-18-38(23(2)21-37)31(41)27-16-13-25(33)20-28(27)34/h3-5,8-9,11-16,20,23H,6-7,10,17-19,21H2,1-2H3. The Hall–Kier alpha value is -3.33. The fourth-order valence-electron chi connectivity index (χ4n) is 5.07. The molecule has 1 aliphatic heterocycles. The molecule has 2 heterocycles. The molecule has 7 nitrogen and oxygen atoms in total. The number of aryl methyl sites for hydroxylation is 1. The smallest absolute Gasteiger partial charge is 0.255 e. The number of carbonyl (C=O) groups is 2. The summed E-state index contributed by atoms with van der Waals surface area (Å²) in [5.74, 6) is 1.62. The van der Waals surface area contributed by atoms with Crippen LogP contribution in [0.3, 0.4) is 0 Å². The van der Waals surface area contributed by atoms with E-state index in [9.17, 15) is 9.59 Å². The number of thioether (sulfide) groups is 1. The van der Waals surface area contributed by atoms with E-state index < -0.39 is 0 Å². The van der Waals surface area contributed by atoms with Crippen LogP contribution in [0, 0.1) is 6.92 Å². The summed E-state index contributed by atoms with van der Waals surface area (Å²) in [5.41, 5.74) is 3.65. The highest BCUT2D eigenvalue weighted by Crippen LogP contribution is 2.29. The minimum Gasteiger partial charge on any atom is -0.339 e. The highest BCUT2D eigenvalue weighted by molar-refractivity contribution is 7.99. The van der Waals surface area contributed by atoms with Crippen molar-refractivity contribution in [2.45, 2.75) is 44.3 Å². The molecule has 0 radical (unpaired) electrons. The predicted octanol–water partition coefficient (Wildman–Crippen LogP) is 7.19. The summed E-state index contributed by atoms with van der Waals surface area (Å²) < 4.78 is 2.10. The first kappa shape index (κ1) is 30.1. The normalized spacial score (nSPS) is 15.2. The van der Waals surface area contributed by atoms with Gasteiger partial charge in [-0.15, -0.1) is 10.2 Å². The number of piperazine rings is 1. The van der Waals surface area contributed by atoms with Crippen LogP contribution < -0.4 is 0 Å². The Morgan fingerprint density at radius 2 is 1.71 bits per heavy atom. The molecule has 0 bridgehead atoms. The van der Waals surface area contributed by atoms with Crippen LogP contribution in [0.25, 0.3) is 17.1 Å². The lowest BCUT2D eigenvalue weighted by Crippen LogP contribution is -2.55. The number of halogens is 2. The molecule has 1 saturated heterocycles. The Bertz CT molecular complexity index is 1540. The number of aromatic nitrogens is 3. The molecule has 1 fully saturated rings. The Morgan fingerprint density at radius 1 is 0.952 bits per heavy atom. The lowest BCUT2D eigenvalue weighted by atomic mass is 10.1. The number of amides is 2. The zero-order valence-electron chi connectivity index (χ0n) is 23.7. The summed E-state index contributed by atoms with van der Waals surface area (Å²) in [6, 6.07) is 23.2. The summed E-state index contributed by atoms with van der Waals surface area (Å²) in [6.45, 7) is 5.52. The van der Waals surface area contributed by atoms with E-state index in [1.165, 1.54) is 5.56 Å². The van der Waals surface area contributed by atoms with Gasteiger partial charge in [0, 0.05) is 54.1 Å². The van der Waals surface area contributed by atoms with Crippen molar-refractivity contribution < 1.29 is 9.59 Å². The van der Waals surface area contributed by atoms with E-state index in [2.05, 4.69) is 46.0 Å². The van der Waals surface area contributed by atoms with Gasteiger partial charge in [-0.25, -0.2) is 0 Å². The topological polar surface area (TPSA) is 71.3 Å². The van der Waals surface area contributed by atoms with Crippen molar-refractivity contribution in [1.82, 2.24) is 24.6 Å². The van der Waals surface area contributed by atoms with Gasteiger partial charge >= 0.3 is 0 Å². The Labute approximate surface area is 260 Å². The monoisotopic (exact) mass is 621 g/mol. The summed E-state index contributed by atoms with van der Waals surface area (Å²) >= 11 is 13.9. The van der Waals surface area contributed by atoms with E-state index in [0.29, 0.717) is 41.7 Å². The Kier molecular flexibility index (Phi) is 9.88. The first-order chi connectivity index (χ1) is 20.3. The molecule has 1 aliphatic rings. The second-order valence-corrected chi connectivity index (χ2v) is 12.4. The van der Waals surface area contributed by atoms with Gasteiger partial charge in [-0.2, -0.15) is 0 Å². The average Bonchev–Trinajstić information content (AvgIpc) is 3.41. The molecule has 10 heteroatoms. The van der Waals surface area contributed by atoms with Gasteiger partial charge in [-0.1, -0.05) is 83.0 Å².